The second-order valence-electron chi connectivity index (χ2n) is 7.23. The Morgan fingerprint density at radius 3 is 2.03 bits per heavy atom. The molecule has 3 aromatic carbocycles. The van der Waals surface area contributed by atoms with Crippen LogP contribution in [0.3, 0.4) is 0 Å². The SMILES string of the molecule is Cc1ccc(Nc2nc3ccccc3nc2NS(=O)(=O)c2ccc(NC=O)cc2)cc1C. The minimum absolute atomic E-state index is 0.0287. The number of carbonyl (C=O) groups is 1. The van der Waals surface area contributed by atoms with E-state index in [4.69, 9.17) is 0 Å². The van der Waals surface area contributed by atoms with Gasteiger partial charge in [-0.15, -0.1) is 0 Å². The van der Waals surface area contributed by atoms with Crippen LogP contribution in [0.15, 0.2) is 71.6 Å². The van der Waals surface area contributed by atoms with Crippen molar-refractivity contribution in [3.8, 4) is 0 Å². The molecular formula is C23H21N5O3S. The smallest absolute Gasteiger partial charge is 0.263 e. The van der Waals surface area contributed by atoms with Gasteiger partial charge < -0.3 is 10.6 Å². The summed E-state index contributed by atoms with van der Waals surface area (Å²) in [6, 6.07) is 18.9. The molecule has 0 aliphatic heterocycles. The van der Waals surface area contributed by atoms with Gasteiger partial charge >= 0.3 is 0 Å². The first-order valence-electron chi connectivity index (χ1n) is 9.80. The molecule has 0 atom stereocenters. The van der Waals surface area contributed by atoms with Crippen molar-refractivity contribution in [3.63, 3.8) is 0 Å². The predicted octanol–water partition coefficient (Wildman–Crippen LogP) is 4.36. The standard InChI is InChI=1S/C23H21N5O3S/c1-15-7-8-18(13-16(15)2)25-22-23(27-21-6-4-3-5-20(21)26-22)28-32(30,31)19-11-9-17(10-12-19)24-14-29/h3-14H,1-2H3,(H,24,29)(H,25,26)(H,27,28). The van der Waals surface area contributed by atoms with Crippen molar-refractivity contribution < 1.29 is 13.2 Å². The Morgan fingerprint density at radius 2 is 1.41 bits per heavy atom. The van der Waals surface area contributed by atoms with Crippen LogP contribution in [-0.4, -0.2) is 24.8 Å². The van der Waals surface area contributed by atoms with Gasteiger partial charge in [-0.2, -0.15) is 0 Å². The number of fused-ring (bicyclic) bond motifs is 1. The number of aryl methyl sites for hydroxylation is 2. The summed E-state index contributed by atoms with van der Waals surface area (Å²) in [4.78, 5) is 19.7. The average molecular weight is 448 g/mol. The molecule has 1 amide bonds. The summed E-state index contributed by atoms with van der Waals surface area (Å²) >= 11 is 0. The van der Waals surface area contributed by atoms with Crippen LogP contribution in [0.2, 0.25) is 0 Å². The summed E-state index contributed by atoms with van der Waals surface area (Å²) in [5.41, 5.74) is 4.68. The number of sulfonamides is 1. The van der Waals surface area contributed by atoms with Gasteiger partial charge in [0.1, 0.15) is 0 Å². The molecule has 0 saturated heterocycles. The van der Waals surface area contributed by atoms with Gasteiger partial charge in [-0.3, -0.25) is 9.52 Å². The van der Waals surface area contributed by atoms with Crippen LogP contribution in [0.25, 0.3) is 11.0 Å². The molecule has 4 rings (SSSR count). The van der Waals surface area contributed by atoms with E-state index in [1.807, 2.05) is 50.2 Å². The number of rotatable bonds is 7. The van der Waals surface area contributed by atoms with Crippen LogP contribution in [0.1, 0.15) is 11.1 Å². The minimum atomic E-state index is -3.95. The van der Waals surface area contributed by atoms with Gasteiger partial charge in [0.15, 0.2) is 11.6 Å². The van der Waals surface area contributed by atoms with Gasteiger partial charge in [0.2, 0.25) is 6.41 Å². The van der Waals surface area contributed by atoms with Crippen molar-refractivity contribution in [2.75, 3.05) is 15.4 Å². The highest BCUT2D eigenvalue weighted by atomic mass is 32.2. The molecule has 0 unspecified atom stereocenters. The first kappa shape index (κ1) is 21.3. The van der Waals surface area contributed by atoms with E-state index in [0.29, 0.717) is 23.1 Å². The van der Waals surface area contributed by atoms with Crippen molar-refractivity contribution in [1.29, 1.82) is 0 Å². The van der Waals surface area contributed by atoms with Crippen LogP contribution >= 0.6 is 0 Å². The van der Waals surface area contributed by atoms with E-state index >= 15 is 0 Å². The van der Waals surface area contributed by atoms with E-state index in [0.717, 1.165) is 16.8 Å². The zero-order valence-electron chi connectivity index (χ0n) is 17.5. The molecule has 8 nitrogen and oxygen atoms in total. The number of para-hydroxylation sites is 2. The van der Waals surface area contributed by atoms with Crippen LogP contribution in [0.4, 0.5) is 23.0 Å². The summed E-state index contributed by atoms with van der Waals surface area (Å²) < 4.78 is 28.6. The maximum atomic E-state index is 13.0. The van der Waals surface area contributed by atoms with Crippen molar-refractivity contribution in [1.82, 2.24) is 9.97 Å². The number of anilines is 4. The van der Waals surface area contributed by atoms with Crippen LogP contribution in [0, 0.1) is 13.8 Å². The van der Waals surface area contributed by atoms with E-state index in [2.05, 4.69) is 25.3 Å². The molecule has 32 heavy (non-hydrogen) atoms. The van der Waals surface area contributed by atoms with Crippen LogP contribution in [0.5, 0.6) is 0 Å². The fraction of sp³-hybridized carbons (Fsp3) is 0.0870. The lowest BCUT2D eigenvalue weighted by Crippen LogP contribution is -2.16. The summed E-state index contributed by atoms with van der Waals surface area (Å²) in [6.45, 7) is 4.02. The second-order valence-corrected chi connectivity index (χ2v) is 8.91. The molecule has 1 aromatic heterocycles. The molecular weight excluding hydrogens is 426 g/mol. The molecule has 0 aliphatic carbocycles. The Bertz CT molecular complexity index is 1400. The lowest BCUT2D eigenvalue weighted by Gasteiger charge is -2.14. The summed E-state index contributed by atoms with van der Waals surface area (Å²) in [5, 5.41) is 5.66. The Labute approximate surface area is 185 Å². The Kier molecular flexibility index (Phi) is 5.74. The third kappa shape index (κ3) is 4.52. The summed E-state index contributed by atoms with van der Waals surface area (Å²) in [5.74, 6) is 0.367. The summed E-state index contributed by atoms with van der Waals surface area (Å²) in [6.07, 6.45) is 0.525. The molecule has 3 N–H and O–H groups in total. The van der Waals surface area contributed by atoms with Crippen molar-refractivity contribution in [2.24, 2.45) is 0 Å². The summed E-state index contributed by atoms with van der Waals surface area (Å²) in [7, 11) is -3.95. The van der Waals surface area contributed by atoms with Crippen LogP contribution in [-0.2, 0) is 14.8 Å². The molecule has 9 heteroatoms. The molecule has 0 radical (unpaired) electrons. The normalized spacial score (nSPS) is 11.2. The van der Waals surface area contributed by atoms with E-state index < -0.39 is 10.0 Å². The number of nitrogens with zero attached hydrogens (tertiary/aromatic N) is 2. The zero-order valence-corrected chi connectivity index (χ0v) is 18.3. The van der Waals surface area contributed by atoms with Crippen molar-refractivity contribution in [2.45, 2.75) is 18.7 Å². The third-order valence-corrected chi connectivity index (χ3v) is 6.32. The van der Waals surface area contributed by atoms with Crippen molar-refractivity contribution >= 4 is 50.5 Å². The van der Waals surface area contributed by atoms with Gasteiger partial charge in [0.25, 0.3) is 10.0 Å². The second kappa shape index (κ2) is 8.64. The predicted molar refractivity (Wildman–Crippen MR) is 126 cm³/mol. The number of benzene rings is 3. The number of amides is 1. The van der Waals surface area contributed by atoms with E-state index in [-0.39, 0.29) is 16.5 Å². The maximum Gasteiger partial charge on any atom is 0.263 e. The maximum absolute atomic E-state index is 13.0. The molecule has 0 saturated carbocycles. The van der Waals surface area contributed by atoms with Gasteiger partial charge in [-0.25, -0.2) is 18.4 Å². The number of hydrogen-bond donors (Lipinski definition) is 3. The molecule has 162 valence electrons. The largest absolute Gasteiger partial charge is 0.337 e. The lowest BCUT2D eigenvalue weighted by atomic mass is 10.1. The number of nitrogens with one attached hydrogen (secondary N) is 3. The molecule has 4 aromatic rings. The Hall–Kier alpha value is -3.98. The molecule has 0 bridgehead atoms. The van der Waals surface area contributed by atoms with Crippen LogP contribution < -0.4 is 15.4 Å². The van der Waals surface area contributed by atoms with E-state index in [1.54, 1.807) is 6.07 Å². The first-order chi connectivity index (χ1) is 15.4. The molecule has 0 aliphatic rings. The van der Waals surface area contributed by atoms with Gasteiger partial charge in [-0.05, 0) is 73.5 Å². The highest BCUT2D eigenvalue weighted by molar-refractivity contribution is 7.92. The molecule has 0 spiro atoms. The van der Waals surface area contributed by atoms with Gasteiger partial charge in [0, 0.05) is 11.4 Å². The van der Waals surface area contributed by atoms with E-state index in [1.165, 1.54) is 24.3 Å². The first-order valence-corrected chi connectivity index (χ1v) is 11.3. The van der Waals surface area contributed by atoms with Gasteiger partial charge in [-0.1, -0.05) is 18.2 Å². The fourth-order valence-corrected chi connectivity index (χ4v) is 4.11. The third-order valence-electron chi connectivity index (χ3n) is 4.96. The Morgan fingerprint density at radius 1 is 0.781 bits per heavy atom. The monoisotopic (exact) mass is 447 g/mol. The fourth-order valence-electron chi connectivity index (χ4n) is 3.10. The Balaban J connectivity index is 1.73. The number of hydrogen-bond acceptors (Lipinski definition) is 6. The quantitative estimate of drug-likeness (QED) is 0.363. The zero-order chi connectivity index (χ0) is 22.7. The molecule has 1 heterocycles. The lowest BCUT2D eigenvalue weighted by molar-refractivity contribution is -0.105. The van der Waals surface area contributed by atoms with Gasteiger partial charge in [0.05, 0.1) is 15.9 Å². The highest BCUT2D eigenvalue weighted by Crippen LogP contribution is 2.28. The molecule has 0 fully saturated rings. The highest BCUT2D eigenvalue weighted by Gasteiger charge is 2.19. The number of aromatic nitrogens is 2. The minimum Gasteiger partial charge on any atom is -0.337 e. The number of carbonyl (C=O) groups excluding carboxylic acids is 1. The van der Waals surface area contributed by atoms with E-state index in [9.17, 15) is 13.2 Å². The topological polar surface area (TPSA) is 113 Å². The van der Waals surface area contributed by atoms with Crippen molar-refractivity contribution in [3.05, 3.63) is 77.9 Å². The average Bonchev–Trinajstić information content (AvgIpc) is 2.77.